The van der Waals surface area contributed by atoms with Gasteiger partial charge in [0.1, 0.15) is 0 Å². The number of nitrogens with zero attached hydrogens (tertiary/aromatic N) is 3. The lowest BCUT2D eigenvalue weighted by Gasteiger charge is -2.45. The topological polar surface area (TPSA) is 19.4 Å². The van der Waals surface area contributed by atoms with Crippen LogP contribution in [-0.2, 0) is 5.41 Å². The molecular weight excluding hydrogens is 882 g/mol. The van der Waals surface area contributed by atoms with Crippen LogP contribution in [-0.4, -0.2) is 11.7 Å². The number of para-hydroxylation sites is 1. The highest BCUT2D eigenvalue weighted by atomic mass is 15.2. The van der Waals surface area contributed by atoms with E-state index >= 15 is 0 Å². The molecule has 0 saturated heterocycles. The standard InChI is InChI=1S/C69H48BN3/c1-43-27-31-51(32-28-43)72-64-34-29-44(2)35-60(64)70-61-41-55-53-24-14-16-26-57(53)69(59(55)42-65(61)73(50-21-11-6-12-22-50)67-37-45(3)36-66(72)68(67)70)56-25-15-13-23-52(56)54-33-30-48(38-58(54)69)63-40-49(46-17-7-4-8-18-46)39-62(71-63)47-19-9-5-10-20-47/h4-42H,1-3H3/i4D,5D,7D,8D,9D,10D,17D,18D,19D,20D. The lowest BCUT2D eigenvalue weighted by atomic mass is 9.33. The summed E-state index contributed by atoms with van der Waals surface area (Å²) in [6, 6.07) is 57.3. The first kappa shape index (κ1) is 32.8. The monoisotopic (exact) mass is 939 g/mol. The van der Waals surface area contributed by atoms with Crippen LogP contribution in [0.1, 0.15) is 52.7 Å². The molecule has 3 nitrogen and oxygen atoms in total. The Kier molecular flexibility index (Phi) is 7.08. The zero-order valence-electron chi connectivity index (χ0n) is 50.2. The van der Waals surface area contributed by atoms with Crippen LogP contribution < -0.4 is 26.2 Å². The van der Waals surface area contributed by atoms with Crippen molar-refractivity contribution < 1.29 is 13.7 Å². The first-order valence-corrected chi connectivity index (χ1v) is 24.7. The van der Waals surface area contributed by atoms with Crippen LogP contribution in [0, 0.1) is 20.8 Å². The SMILES string of the molecule is [2H]c1c([2H])c([2H])c(-c2cc(-c3ccc4c(c3)C3(c5ccccc5-4)c4ccccc4-c4cc5c(cc43)N(c3ccccc3)c3cc(C)cc4c3B5c3cc(C)ccc3N4c3ccc(C)cc3)nc(-c3c([2H])c([2H])c([2H])c([2H])c3[2H])c2)c([2H])c1[2H]. The van der Waals surface area contributed by atoms with E-state index in [0.717, 1.165) is 84.2 Å². The average molecular weight is 940 g/mol. The van der Waals surface area contributed by atoms with Crippen LogP contribution >= 0.6 is 0 Å². The van der Waals surface area contributed by atoms with Gasteiger partial charge >= 0.3 is 0 Å². The Morgan fingerprint density at radius 2 is 0.945 bits per heavy atom. The quantitative estimate of drug-likeness (QED) is 0.160. The van der Waals surface area contributed by atoms with E-state index in [4.69, 9.17) is 18.7 Å². The van der Waals surface area contributed by atoms with Crippen LogP contribution in [0.25, 0.3) is 55.9 Å². The van der Waals surface area contributed by atoms with Gasteiger partial charge in [0, 0.05) is 45.3 Å². The summed E-state index contributed by atoms with van der Waals surface area (Å²) in [6.07, 6.45) is 0. The Bertz CT molecular complexity index is 4550. The molecule has 0 N–H and O–H groups in total. The molecule has 1 aromatic heterocycles. The van der Waals surface area contributed by atoms with Crippen molar-refractivity contribution in [3.05, 3.63) is 275 Å². The Morgan fingerprint density at radius 1 is 0.384 bits per heavy atom. The normalized spacial score (nSPS) is 16.9. The molecule has 1 unspecified atom stereocenters. The predicted molar refractivity (Wildman–Crippen MR) is 305 cm³/mol. The summed E-state index contributed by atoms with van der Waals surface area (Å²) in [5, 5.41) is 0. The number of hydrogen-bond acceptors (Lipinski definition) is 3. The van der Waals surface area contributed by atoms with Gasteiger partial charge in [0.05, 0.1) is 30.5 Å². The average Bonchev–Trinajstić information content (AvgIpc) is 1.65. The van der Waals surface area contributed by atoms with E-state index in [9.17, 15) is 0 Å². The molecule has 0 saturated carbocycles. The van der Waals surface area contributed by atoms with Gasteiger partial charge in [-0.1, -0.05) is 181 Å². The first-order chi connectivity index (χ1) is 40.1. The van der Waals surface area contributed by atoms with Crippen LogP contribution in [0.5, 0.6) is 0 Å². The third kappa shape index (κ3) is 6.04. The highest BCUT2D eigenvalue weighted by molar-refractivity contribution is 7.00. The van der Waals surface area contributed by atoms with Crippen molar-refractivity contribution >= 4 is 57.2 Å². The zero-order chi connectivity index (χ0) is 57.2. The van der Waals surface area contributed by atoms with Gasteiger partial charge in [0.15, 0.2) is 0 Å². The maximum atomic E-state index is 9.09. The molecule has 15 rings (SSSR count). The maximum Gasteiger partial charge on any atom is 0.252 e. The number of anilines is 6. The number of pyridine rings is 1. The van der Waals surface area contributed by atoms with Gasteiger partial charge in [-0.05, 0) is 165 Å². The Balaban J connectivity index is 1.01. The minimum atomic E-state index is -0.896. The molecule has 0 amide bonds. The van der Waals surface area contributed by atoms with Crippen LogP contribution in [0.2, 0.25) is 0 Å². The summed E-state index contributed by atoms with van der Waals surface area (Å²) in [7, 11) is 0. The summed E-state index contributed by atoms with van der Waals surface area (Å²) in [5.74, 6) is 0. The fourth-order valence-corrected chi connectivity index (χ4v) is 12.6. The zero-order valence-corrected chi connectivity index (χ0v) is 40.2. The largest absolute Gasteiger partial charge is 0.311 e. The third-order valence-electron chi connectivity index (χ3n) is 15.5. The van der Waals surface area contributed by atoms with E-state index in [0.29, 0.717) is 11.3 Å². The number of rotatable bonds is 5. The lowest BCUT2D eigenvalue weighted by molar-refractivity contribution is 0.794. The number of fused-ring (bicyclic) bond motifs is 14. The van der Waals surface area contributed by atoms with E-state index in [-0.39, 0.29) is 29.1 Å². The van der Waals surface area contributed by atoms with Crippen molar-refractivity contribution in [3.63, 3.8) is 0 Å². The first-order valence-electron chi connectivity index (χ1n) is 29.7. The van der Waals surface area contributed by atoms with Crippen molar-refractivity contribution in [1.29, 1.82) is 0 Å². The van der Waals surface area contributed by atoms with E-state index in [1.54, 1.807) is 6.07 Å². The minimum Gasteiger partial charge on any atom is -0.311 e. The number of aromatic nitrogens is 1. The van der Waals surface area contributed by atoms with Gasteiger partial charge in [-0.2, -0.15) is 0 Å². The molecule has 4 heteroatoms. The fourth-order valence-electron chi connectivity index (χ4n) is 12.6. The van der Waals surface area contributed by atoms with Gasteiger partial charge in [0.2, 0.25) is 0 Å². The smallest absolute Gasteiger partial charge is 0.252 e. The molecule has 3 heterocycles. The summed E-state index contributed by atoms with van der Waals surface area (Å²) < 4.78 is 87.7. The molecular formula is C69H48BN3. The minimum absolute atomic E-state index is 0.0101. The Morgan fingerprint density at radius 3 is 1.66 bits per heavy atom. The van der Waals surface area contributed by atoms with Gasteiger partial charge in [-0.25, -0.2) is 4.98 Å². The van der Waals surface area contributed by atoms with Crippen LogP contribution in [0.4, 0.5) is 34.1 Å². The third-order valence-corrected chi connectivity index (χ3v) is 15.5. The molecule has 0 fully saturated rings. The fraction of sp³-hybridized carbons (Fsp3) is 0.0580. The molecule has 73 heavy (non-hydrogen) atoms. The second kappa shape index (κ2) is 15.8. The summed E-state index contributed by atoms with van der Waals surface area (Å²) in [6.45, 7) is 6.33. The molecule has 1 spiro atoms. The molecule has 342 valence electrons. The van der Waals surface area contributed by atoms with E-state index in [2.05, 4.69) is 188 Å². The summed E-state index contributed by atoms with van der Waals surface area (Å²) >= 11 is 0. The van der Waals surface area contributed by atoms with Crippen molar-refractivity contribution in [2.75, 3.05) is 9.80 Å². The van der Waals surface area contributed by atoms with Crippen LogP contribution in [0.3, 0.4) is 0 Å². The van der Waals surface area contributed by atoms with Gasteiger partial charge in [-0.3, -0.25) is 0 Å². The van der Waals surface area contributed by atoms with Gasteiger partial charge in [-0.15, -0.1) is 0 Å². The van der Waals surface area contributed by atoms with Crippen molar-refractivity contribution in [1.82, 2.24) is 4.98 Å². The molecule has 2 aliphatic carbocycles. The number of benzene rings is 10. The molecule has 1 atom stereocenters. The van der Waals surface area contributed by atoms with Gasteiger partial charge < -0.3 is 9.80 Å². The van der Waals surface area contributed by atoms with Gasteiger partial charge in [0.25, 0.3) is 6.71 Å². The molecule has 10 aromatic carbocycles. The van der Waals surface area contributed by atoms with Crippen molar-refractivity contribution in [2.45, 2.75) is 26.2 Å². The predicted octanol–water partition coefficient (Wildman–Crippen LogP) is 15.4. The highest BCUT2D eigenvalue weighted by Gasteiger charge is 2.53. The summed E-state index contributed by atoms with van der Waals surface area (Å²) in [5.41, 5.74) is 22.2. The Hall–Kier alpha value is -8.99. The van der Waals surface area contributed by atoms with Crippen molar-refractivity contribution in [2.24, 2.45) is 0 Å². The van der Waals surface area contributed by atoms with Crippen LogP contribution in [0.15, 0.2) is 236 Å². The number of aryl methyl sites for hydroxylation is 3. The molecule has 11 aromatic rings. The second-order valence-corrected chi connectivity index (χ2v) is 19.7. The van der Waals surface area contributed by atoms with E-state index in [1.807, 2.05) is 6.07 Å². The summed E-state index contributed by atoms with van der Waals surface area (Å²) in [4.78, 5) is 10.0. The lowest BCUT2D eigenvalue weighted by Crippen LogP contribution is -2.61. The maximum absolute atomic E-state index is 9.09. The van der Waals surface area contributed by atoms with E-state index in [1.165, 1.54) is 33.6 Å². The van der Waals surface area contributed by atoms with E-state index < -0.39 is 65.8 Å². The number of hydrogen-bond donors (Lipinski definition) is 0. The Labute approximate surface area is 441 Å². The molecule has 4 aliphatic rings. The van der Waals surface area contributed by atoms with Crippen molar-refractivity contribution in [3.8, 4) is 55.9 Å². The molecule has 0 radical (unpaired) electrons. The second-order valence-electron chi connectivity index (χ2n) is 19.7. The highest BCUT2D eigenvalue weighted by Crippen LogP contribution is 2.64. The molecule has 0 bridgehead atoms. The molecule has 2 aliphatic heterocycles.